The van der Waals surface area contributed by atoms with Crippen molar-refractivity contribution in [1.29, 1.82) is 0 Å². The summed E-state index contributed by atoms with van der Waals surface area (Å²) in [7, 11) is 0. The molecule has 2 aromatic heterocycles. The van der Waals surface area contributed by atoms with E-state index in [2.05, 4.69) is 15.0 Å². The number of halogens is 1. The van der Waals surface area contributed by atoms with Gasteiger partial charge in [-0.05, 0) is 31.0 Å². The molecule has 0 unspecified atom stereocenters. The summed E-state index contributed by atoms with van der Waals surface area (Å²) in [6, 6.07) is 5.17. The molecule has 0 bridgehead atoms. The van der Waals surface area contributed by atoms with Crippen LogP contribution in [0.3, 0.4) is 0 Å². The number of likely N-dealkylation sites (tertiary alicyclic amines) is 1. The van der Waals surface area contributed by atoms with E-state index in [-0.39, 0.29) is 5.91 Å². The molecule has 0 aromatic carbocycles. The van der Waals surface area contributed by atoms with Crippen molar-refractivity contribution in [2.75, 3.05) is 13.1 Å². The molecule has 1 aliphatic rings. The van der Waals surface area contributed by atoms with Gasteiger partial charge in [-0.2, -0.15) is 0 Å². The third-order valence-corrected chi connectivity index (χ3v) is 3.57. The molecule has 0 radical (unpaired) electrons. The highest BCUT2D eigenvalue weighted by molar-refractivity contribution is 5.99. The van der Waals surface area contributed by atoms with Gasteiger partial charge in [0, 0.05) is 25.5 Å². The number of carbonyl (C=O) groups excluding carboxylic acids is 1. The van der Waals surface area contributed by atoms with E-state index >= 15 is 0 Å². The Morgan fingerprint density at radius 3 is 2.71 bits per heavy atom. The van der Waals surface area contributed by atoms with E-state index in [0.29, 0.717) is 42.9 Å². The van der Waals surface area contributed by atoms with Crippen LogP contribution in [0.2, 0.25) is 0 Å². The highest BCUT2D eigenvalue weighted by Crippen LogP contribution is 2.22. The highest BCUT2D eigenvalue weighted by atomic mass is 19.1. The lowest BCUT2D eigenvalue weighted by molar-refractivity contribution is 0.0667. The Bertz CT molecular complexity index is 627. The van der Waals surface area contributed by atoms with Crippen LogP contribution in [0.4, 0.5) is 4.39 Å². The van der Waals surface area contributed by atoms with Gasteiger partial charge < -0.3 is 4.90 Å². The zero-order valence-electron chi connectivity index (χ0n) is 11.4. The Morgan fingerprint density at radius 1 is 1.19 bits per heavy atom. The average molecular weight is 286 g/mol. The third-order valence-electron chi connectivity index (χ3n) is 3.57. The average Bonchev–Trinajstić information content (AvgIpc) is 2.56. The molecule has 3 rings (SSSR count). The van der Waals surface area contributed by atoms with Crippen LogP contribution >= 0.6 is 0 Å². The van der Waals surface area contributed by atoms with Crippen molar-refractivity contribution < 1.29 is 9.18 Å². The fourth-order valence-corrected chi connectivity index (χ4v) is 2.43. The molecule has 3 heterocycles. The summed E-state index contributed by atoms with van der Waals surface area (Å²) in [6.45, 7) is 0.885. The minimum Gasteiger partial charge on any atom is -0.338 e. The maximum Gasteiger partial charge on any atom is 0.256 e. The van der Waals surface area contributed by atoms with Gasteiger partial charge in [-0.25, -0.2) is 14.4 Å². The predicted octanol–water partition coefficient (Wildman–Crippen LogP) is 2.11. The van der Waals surface area contributed by atoms with Crippen LogP contribution in [0, 0.1) is 0 Å². The molecule has 0 N–H and O–H groups in total. The monoisotopic (exact) mass is 286 g/mol. The van der Waals surface area contributed by atoms with Crippen molar-refractivity contribution in [1.82, 2.24) is 19.9 Å². The number of piperidine rings is 1. The molecule has 0 atom stereocenters. The Balaban J connectivity index is 1.90. The zero-order chi connectivity index (χ0) is 14.7. The summed E-state index contributed by atoms with van der Waals surface area (Å²) >= 11 is 0. The Morgan fingerprint density at radius 2 is 2.00 bits per heavy atom. The maximum absolute atomic E-state index is 13.2. The van der Waals surface area contributed by atoms with Gasteiger partial charge in [0.25, 0.3) is 5.91 Å². The van der Waals surface area contributed by atoms with Crippen molar-refractivity contribution in [2.45, 2.75) is 19.0 Å². The molecular weight excluding hydrogens is 271 g/mol. The number of rotatable bonds is 2. The molecule has 21 heavy (non-hydrogen) atoms. The molecular formula is C15H15FN4O. The summed E-state index contributed by atoms with van der Waals surface area (Å²) in [5.41, 5.74) is 1.63. The molecule has 108 valence electrons. The molecule has 5 nitrogen and oxygen atoms in total. The first-order chi connectivity index (χ1) is 10.3. The quantitative estimate of drug-likeness (QED) is 0.848. The lowest BCUT2D eigenvalue weighted by atomic mass is 10.1. The number of pyridine rings is 1. The molecule has 2 aromatic rings. The van der Waals surface area contributed by atoms with Crippen molar-refractivity contribution >= 4 is 5.91 Å². The molecule has 1 fully saturated rings. The van der Waals surface area contributed by atoms with Gasteiger partial charge in [0.15, 0.2) is 0 Å². The van der Waals surface area contributed by atoms with Gasteiger partial charge in [0.2, 0.25) is 0 Å². The zero-order valence-corrected chi connectivity index (χ0v) is 11.4. The van der Waals surface area contributed by atoms with E-state index in [0.717, 1.165) is 0 Å². The van der Waals surface area contributed by atoms with Crippen LogP contribution in [0.25, 0.3) is 11.4 Å². The van der Waals surface area contributed by atoms with Crippen LogP contribution in [0.15, 0.2) is 36.9 Å². The van der Waals surface area contributed by atoms with Crippen LogP contribution in [0.5, 0.6) is 0 Å². The SMILES string of the molecule is O=C(c1cccnc1-c1ccncn1)N1CCC(F)CC1. The minimum absolute atomic E-state index is 0.122. The summed E-state index contributed by atoms with van der Waals surface area (Å²) < 4.78 is 13.2. The first-order valence-corrected chi connectivity index (χ1v) is 6.90. The number of aromatic nitrogens is 3. The third kappa shape index (κ3) is 2.89. The van der Waals surface area contributed by atoms with Crippen molar-refractivity contribution in [2.24, 2.45) is 0 Å². The topological polar surface area (TPSA) is 59.0 Å². The van der Waals surface area contributed by atoms with E-state index in [1.54, 1.807) is 35.5 Å². The molecule has 0 aliphatic carbocycles. The van der Waals surface area contributed by atoms with Gasteiger partial charge in [-0.3, -0.25) is 9.78 Å². The first-order valence-electron chi connectivity index (χ1n) is 6.90. The van der Waals surface area contributed by atoms with Crippen molar-refractivity contribution in [3.63, 3.8) is 0 Å². The molecule has 6 heteroatoms. The minimum atomic E-state index is -0.802. The lowest BCUT2D eigenvalue weighted by Crippen LogP contribution is -2.39. The van der Waals surface area contributed by atoms with Gasteiger partial charge in [-0.15, -0.1) is 0 Å². The Hall–Kier alpha value is -2.37. The van der Waals surface area contributed by atoms with Crippen LogP contribution in [-0.4, -0.2) is 45.0 Å². The van der Waals surface area contributed by atoms with Crippen LogP contribution < -0.4 is 0 Å². The summed E-state index contributed by atoms with van der Waals surface area (Å²) in [4.78, 5) is 26.6. The van der Waals surface area contributed by atoms with E-state index in [9.17, 15) is 9.18 Å². The lowest BCUT2D eigenvalue weighted by Gasteiger charge is -2.29. The Labute approximate surface area is 121 Å². The van der Waals surface area contributed by atoms with Crippen molar-refractivity contribution in [3.8, 4) is 11.4 Å². The molecule has 0 spiro atoms. The van der Waals surface area contributed by atoms with Gasteiger partial charge in [-0.1, -0.05) is 0 Å². The normalized spacial score (nSPS) is 16.0. The second-order valence-electron chi connectivity index (χ2n) is 4.96. The number of alkyl halides is 1. The maximum atomic E-state index is 13.2. The summed E-state index contributed by atoms with van der Waals surface area (Å²) in [5.74, 6) is -0.122. The molecule has 0 saturated carbocycles. The smallest absolute Gasteiger partial charge is 0.256 e. The highest BCUT2D eigenvalue weighted by Gasteiger charge is 2.25. The predicted molar refractivity (Wildman–Crippen MR) is 75.3 cm³/mol. The summed E-state index contributed by atoms with van der Waals surface area (Å²) in [6.07, 6.45) is 4.66. The second-order valence-corrected chi connectivity index (χ2v) is 4.96. The number of carbonyl (C=O) groups is 1. The fourth-order valence-electron chi connectivity index (χ4n) is 2.43. The van der Waals surface area contributed by atoms with Gasteiger partial charge in [0.05, 0.1) is 11.3 Å². The van der Waals surface area contributed by atoms with E-state index in [4.69, 9.17) is 0 Å². The molecule has 1 amide bonds. The van der Waals surface area contributed by atoms with Gasteiger partial charge >= 0.3 is 0 Å². The van der Waals surface area contributed by atoms with E-state index in [1.165, 1.54) is 6.33 Å². The number of nitrogens with zero attached hydrogens (tertiary/aromatic N) is 4. The molecule has 1 saturated heterocycles. The van der Waals surface area contributed by atoms with Crippen molar-refractivity contribution in [3.05, 3.63) is 42.5 Å². The van der Waals surface area contributed by atoms with E-state index in [1.807, 2.05) is 0 Å². The fraction of sp³-hybridized carbons (Fsp3) is 0.333. The Kier molecular flexibility index (Phi) is 3.85. The standard InChI is InChI=1S/C15H15FN4O/c16-11-4-8-20(9-5-11)15(21)12-2-1-6-18-14(12)13-3-7-17-10-19-13/h1-3,6-7,10-11H,4-5,8-9H2. The van der Waals surface area contributed by atoms with Gasteiger partial charge in [0.1, 0.15) is 18.2 Å². The largest absolute Gasteiger partial charge is 0.338 e. The number of amides is 1. The molecule has 1 aliphatic heterocycles. The second kappa shape index (κ2) is 5.95. The number of hydrogen-bond donors (Lipinski definition) is 0. The van der Waals surface area contributed by atoms with Crippen LogP contribution in [-0.2, 0) is 0 Å². The number of hydrogen-bond acceptors (Lipinski definition) is 4. The van der Waals surface area contributed by atoms with E-state index < -0.39 is 6.17 Å². The summed E-state index contributed by atoms with van der Waals surface area (Å²) in [5, 5.41) is 0. The van der Waals surface area contributed by atoms with Crippen LogP contribution in [0.1, 0.15) is 23.2 Å². The first kappa shape index (κ1) is 13.6.